The fraction of sp³-hybridized carbons (Fsp3) is 0.647. The van der Waals surface area contributed by atoms with Crippen LogP contribution in [0.4, 0.5) is 0 Å². The minimum atomic E-state index is 0.313. The molecule has 2 heterocycles. The van der Waals surface area contributed by atoms with Crippen LogP contribution in [0.5, 0.6) is 5.75 Å². The van der Waals surface area contributed by atoms with Gasteiger partial charge in [0.05, 0.1) is 6.61 Å². The molecular weight excluding hydrogens is 248 g/mol. The summed E-state index contributed by atoms with van der Waals surface area (Å²) in [5, 5.41) is 3.41. The van der Waals surface area contributed by atoms with Crippen LogP contribution < -0.4 is 10.1 Å². The van der Waals surface area contributed by atoms with E-state index in [0.717, 1.165) is 38.4 Å². The summed E-state index contributed by atoms with van der Waals surface area (Å²) in [6, 6.07) is 6.58. The van der Waals surface area contributed by atoms with Crippen LogP contribution in [0.25, 0.3) is 0 Å². The third-order valence-corrected chi connectivity index (χ3v) is 4.74. The van der Waals surface area contributed by atoms with Crippen LogP contribution in [0.1, 0.15) is 31.4 Å². The average molecular weight is 274 g/mol. The van der Waals surface area contributed by atoms with Crippen molar-refractivity contribution in [3.8, 4) is 5.75 Å². The number of rotatable bonds is 4. The zero-order valence-electron chi connectivity index (χ0n) is 12.7. The van der Waals surface area contributed by atoms with Gasteiger partial charge in [-0.25, -0.2) is 0 Å². The van der Waals surface area contributed by atoms with Crippen molar-refractivity contribution in [2.45, 2.75) is 33.2 Å². The van der Waals surface area contributed by atoms with E-state index in [-0.39, 0.29) is 0 Å². The van der Waals surface area contributed by atoms with Crippen molar-refractivity contribution < 1.29 is 4.74 Å². The highest BCUT2D eigenvalue weighted by molar-refractivity contribution is 5.37. The summed E-state index contributed by atoms with van der Waals surface area (Å²) < 4.78 is 6.10. The van der Waals surface area contributed by atoms with E-state index >= 15 is 0 Å². The molecule has 20 heavy (non-hydrogen) atoms. The first-order valence-electron chi connectivity index (χ1n) is 7.86. The Kier molecular flexibility index (Phi) is 3.99. The average Bonchev–Trinajstić information content (AvgIpc) is 2.87. The zero-order chi connectivity index (χ0) is 14.0. The van der Waals surface area contributed by atoms with E-state index in [1.165, 1.54) is 30.6 Å². The van der Waals surface area contributed by atoms with Gasteiger partial charge in [0.15, 0.2) is 0 Å². The van der Waals surface area contributed by atoms with Crippen molar-refractivity contribution in [2.75, 3.05) is 32.8 Å². The summed E-state index contributed by atoms with van der Waals surface area (Å²) in [6.45, 7) is 11.0. The minimum Gasteiger partial charge on any atom is -0.493 e. The molecule has 3 rings (SSSR count). The lowest BCUT2D eigenvalue weighted by Crippen LogP contribution is -2.30. The van der Waals surface area contributed by atoms with Crippen molar-refractivity contribution in [1.82, 2.24) is 10.2 Å². The molecule has 1 unspecified atom stereocenters. The molecule has 0 aliphatic carbocycles. The van der Waals surface area contributed by atoms with Gasteiger partial charge in [0.25, 0.3) is 0 Å². The van der Waals surface area contributed by atoms with Gasteiger partial charge in [-0.15, -0.1) is 0 Å². The van der Waals surface area contributed by atoms with Crippen LogP contribution in [0.2, 0.25) is 0 Å². The van der Waals surface area contributed by atoms with E-state index in [4.69, 9.17) is 4.74 Å². The molecule has 0 bridgehead atoms. The first-order valence-corrected chi connectivity index (χ1v) is 7.86. The SMILES string of the molecule is CCN1CCC(C)(COc2ccc3c(c2)CCNC3)C1. The maximum Gasteiger partial charge on any atom is 0.119 e. The van der Waals surface area contributed by atoms with E-state index < -0.39 is 0 Å². The second-order valence-corrected chi connectivity index (χ2v) is 6.58. The van der Waals surface area contributed by atoms with E-state index in [2.05, 4.69) is 42.3 Å². The number of benzene rings is 1. The summed E-state index contributed by atoms with van der Waals surface area (Å²) in [4.78, 5) is 2.52. The summed E-state index contributed by atoms with van der Waals surface area (Å²) in [5.74, 6) is 1.04. The quantitative estimate of drug-likeness (QED) is 0.912. The van der Waals surface area contributed by atoms with Gasteiger partial charge in [0.2, 0.25) is 0 Å². The molecule has 0 saturated carbocycles. The highest BCUT2D eigenvalue weighted by Crippen LogP contribution is 2.31. The first kappa shape index (κ1) is 13.9. The molecule has 1 aromatic rings. The van der Waals surface area contributed by atoms with Crippen molar-refractivity contribution >= 4 is 0 Å². The van der Waals surface area contributed by atoms with Crippen molar-refractivity contribution in [2.24, 2.45) is 5.41 Å². The molecule has 0 amide bonds. The summed E-state index contributed by atoms with van der Waals surface area (Å²) in [6.07, 6.45) is 2.36. The fourth-order valence-electron chi connectivity index (χ4n) is 3.31. The Hall–Kier alpha value is -1.06. The molecule has 0 radical (unpaired) electrons. The maximum atomic E-state index is 6.10. The van der Waals surface area contributed by atoms with Crippen LogP contribution >= 0.6 is 0 Å². The predicted molar refractivity (Wildman–Crippen MR) is 82.2 cm³/mol. The minimum absolute atomic E-state index is 0.313. The normalized spacial score (nSPS) is 26.5. The number of likely N-dealkylation sites (tertiary alicyclic amines) is 1. The zero-order valence-corrected chi connectivity index (χ0v) is 12.7. The van der Waals surface area contributed by atoms with Gasteiger partial charge in [0.1, 0.15) is 5.75 Å². The van der Waals surface area contributed by atoms with E-state index in [9.17, 15) is 0 Å². The second-order valence-electron chi connectivity index (χ2n) is 6.58. The van der Waals surface area contributed by atoms with Gasteiger partial charge in [-0.05, 0) is 55.7 Å². The monoisotopic (exact) mass is 274 g/mol. The number of ether oxygens (including phenoxy) is 1. The molecule has 1 N–H and O–H groups in total. The maximum absolute atomic E-state index is 6.10. The summed E-state index contributed by atoms with van der Waals surface area (Å²) >= 11 is 0. The molecule has 1 aromatic carbocycles. The van der Waals surface area contributed by atoms with Gasteiger partial charge in [-0.1, -0.05) is 19.9 Å². The van der Waals surface area contributed by atoms with Crippen LogP contribution in [-0.2, 0) is 13.0 Å². The number of nitrogens with zero attached hydrogens (tertiary/aromatic N) is 1. The van der Waals surface area contributed by atoms with Gasteiger partial charge >= 0.3 is 0 Å². The van der Waals surface area contributed by atoms with E-state index in [0.29, 0.717) is 5.41 Å². The summed E-state index contributed by atoms with van der Waals surface area (Å²) in [7, 11) is 0. The van der Waals surface area contributed by atoms with Crippen LogP contribution in [-0.4, -0.2) is 37.7 Å². The molecule has 3 nitrogen and oxygen atoms in total. The topological polar surface area (TPSA) is 24.5 Å². The third-order valence-electron chi connectivity index (χ3n) is 4.74. The molecule has 0 aromatic heterocycles. The standard InChI is InChI=1S/C17H26N2O/c1-3-19-9-7-17(2,12-19)13-20-16-5-4-15-11-18-8-6-14(15)10-16/h4-5,10,18H,3,6-9,11-13H2,1-2H3. The van der Waals surface area contributed by atoms with Crippen molar-refractivity contribution in [1.29, 1.82) is 0 Å². The van der Waals surface area contributed by atoms with Gasteiger partial charge in [-0.2, -0.15) is 0 Å². The molecule has 0 spiro atoms. The second kappa shape index (κ2) is 5.74. The lowest BCUT2D eigenvalue weighted by molar-refractivity contribution is 0.164. The molecule has 1 saturated heterocycles. The number of nitrogens with one attached hydrogen (secondary N) is 1. The van der Waals surface area contributed by atoms with E-state index in [1.807, 2.05) is 0 Å². The van der Waals surface area contributed by atoms with Crippen molar-refractivity contribution in [3.63, 3.8) is 0 Å². The molecule has 2 aliphatic heterocycles. The molecule has 110 valence electrons. The Labute approximate surface area is 122 Å². The number of fused-ring (bicyclic) bond motifs is 1. The van der Waals surface area contributed by atoms with Gasteiger partial charge in [-0.3, -0.25) is 0 Å². The highest BCUT2D eigenvalue weighted by Gasteiger charge is 2.33. The van der Waals surface area contributed by atoms with Crippen LogP contribution in [0.3, 0.4) is 0 Å². The summed E-state index contributed by atoms with van der Waals surface area (Å²) in [5.41, 5.74) is 3.19. The Morgan fingerprint density at radius 2 is 2.25 bits per heavy atom. The highest BCUT2D eigenvalue weighted by atomic mass is 16.5. The predicted octanol–water partition coefficient (Wildman–Crippen LogP) is 2.44. The molecule has 1 fully saturated rings. The first-order chi connectivity index (χ1) is 9.68. The molecule has 2 aliphatic rings. The number of hydrogen-bond donors (Lipinski definition) is 1. The molecule has 1 atom stereocenters. The van der Waals surface area contributed by atoms with E-state index in [1.54, 1.807) is 0 Å². The van der Waals surface area contributed by atoms with Crippen LogP contribution in [0.15, 0.2) is 18.2 Å². The van der Waals surface area contributed by atoms with Gasteiger partial charge < -0.3 is 15.0 Å². The van der Waals surface area contributed by atoms with Crippen LogP contribution in [0, 0.1) is 5.41 Å². The Bertz CT molecular complexity index is 474. The smallest absolute Gasteiger partial charge is 0.119 e. The Morgan fingerprint density at radius 3 is 3.05 bits per heavy atom. The Morgan fingerprint density at radius 1 is 1.35 bits per heavy atom. The van der Waals surface area contributed by atoms with Gasteiger partial charge in [0, 0.05) is 18.5 Å². The number of hydrogen-bond acceptors (Lipinski definition) is 3. The largest absolute Gasteiger partial charge is 0.493 e. The third kappa shape index (κ3) is 2.99. The molecular formula is C17H26N2O. The Balaban J connectivity index is 1.61. The molecule has 3 heteroatoms. The lowest BCUT2D eigenvalue weighted by Gasteiger charge is -2.25. The lowest BCUT2D eigenvalue weighted by atomic mass is 9.91. The fourth-order valence-corrected chi connectivity index (χ4v) is 3.31. The van der Waals surface area contributed by atoms with Crippen molar-refractivity contribution in [3.05, 3.63) is 29.3 Å².